The number of amides is 2. The fraction of sp³-hybridized carbons (Fsp3) is 0.688. The van der Waals surface area contributed by atoms with Gasteiger partial charge < -0.3 is 14.7 Å². The molecule has 0 aromatic carbocycles. The van der Waals surface area contributed by atoms with Crippen molar-refractivity contribution in [1.82, 2.24) is 15.4 Å². The molecule has 2 aliphatic carbocycles. The van der Waals surface area contributed by atoms with Gasteiger partial charge in [0, 0.05) is 31.6 Å². The van der Waals surface area contributed by atoms with Crippen LogP contribution in [-0.4, -0.2) is 41.5 Å². The molecule has 3 fully saturated rings. The minimum Gasteiger partial charge on any atom is -0.356 e. The van der Waals surface area contributed by atoms with Gasteiger partial charge in [-0.1, -0.05) is 5.16 Å². The molecule has 3 atom stereocenters. The molecule has 2 saturated carbocycles. The van der Waals surface area contributed by atoms with E-state index in [4.69, 9.17) is 4.52 Å². The predicted molar refractivity (Wildman–Crippen MR) is 77.8 cm³/mol. The van der Waals surface area contributed by atoms with Crippen LogP contribution in [0.15, 0.2) is 16.8 Å². The van der Waals surface area contributed by atoms with E-state index in [1.807, 2.05) is 4.90 Å². The van der Waals surface area contributed by atoms with Crippen LogP contribution in [0.5, 0.6) is 0 Å². The van der Waals surface area contributed by atoms with Gasteiger partial charge in [0.1, 0.15) is 0 Å². The summed E-state index contributed by atoms with van der Waals surface area (Å²) in [5.41, 5.74) is 0. The second kappa shape index (κ2) is 5.41. The van der Waals surface area contributed by atoms with Crippen molar-refractivity contribution in [1.29, 1.82) is 0 Å². The topological polar surface area (TPSA) is 75.4 Å². The summed E-state index contributed by atoms with van der Waals surface area (Å²) in [4.78, 5) is 26.3. The predicted octanol–water partition coefficient (Wildman–Crippen LogP) is 1.30. The number of hydrogen-bond donors (Lipinski definition) is 1. The summed E-state index contributed by atoms with van der Waals surface area (Å²) in [6.45, 7) is 2.31. The number of hydrogen-bond acceptors (Lipinski definition) is 4. The van der Waals surface area contributed by atoms with Crippen LogP contribution in [0.25, 0.3) is 0 Å². The summed E-state index contributed by atoms with van der Waals surface area (Å²) >= 11 is 0. The smallest absolute Gasteiger partial charge is 0.292 e. The quantitative estimate of drug-likeness (QED) is 0.909. The minimum absolute atomic E-state index is 0.0818. The van der Waals surface area contributed by atoms with Gasteiger partial charge in [0.05, 0.1) is 6.20 Å². The molecule has 6 nitrogen and oxygen atoms in total. The Kier molecular flexibility index (Phi) is 3.39. The number of rotatable bonds is 4. The van der Waals surface area contributed by atoms with E-state index in [0.29, 0.717) is 17.6 Å². The molecule has 1 N–H and O–H groups in total. The Morgan fingerprint density at radius 2 is 2.00 bits per heavy atom. The molecule has 6 heteroatoms. The molecule has 1 aromatic rings. The van der Waals surface area contributed by atoms with Gasteiger partial charge in [0.15, 0.2) is 0 Å². The first-order valence-electron chi connectivity index (χ1n) is 8.18. The van der Waals surface area contributed by atoms with Crippen LogP contribution in [0.1, 0.15) is 36.2 Å². The highest BCUT2D eigenvalue weighted by Gasteiger charge is 2.45. The lowest BCUT2D eigenvalue weighted by molar-refractivity contribution is -0.125. The zero-order chi connectivity index (χ0) is 15.1. The molecule has 1 saturated heterocycles. The first kappa shape index (κ1) is 13.8. The number of carbonyl (C=O) groups is 2. The average molecular weight is 303 g/mol. The van der Waals surface area contributed by atoms with E-state index in [9.17, 15) is 9.59 Å². The van der Waals surface area contributed by atoms with E-state index in [2.05, 4.69) is 10.5 Å². The second-order valence-corrected chi connectivity index (χ2v) is 6.96. The van der Waals surface area contributed by atoms with Gasteiger partial charge >= 0.3 is 0 Å². The third kappa shape index (κ3) is 2.62. The van der Waals surface area contributed by atoms with Crippen molar-refractivity contribution in [2.75, 3.05) is 19.6 Å². The number of fused-ring (bicyclic) bond motifs is 1. The summed E-state index contributed by atoms with van der Waals surface area (Å²) in [5, 5.41) is 6.68. The number of nitrogens with one attached hydrogen (secondary N) is 1. The molecule has 118 valence electrons. The van der Waals surface area contributed by atoms with Crippen LogP contribution in [0.3, 0.4) is 0 Å². The number of nitrogens with zero attached hydrogens (tertiary/aromatic N) is 2. The summed E-state index contributed by atoms with van der Waals surface area (Å²) in [5.74, 6) is 2.19. The average Bonchev–Trinajstić information content (AvgIpc) is 2.93. The zero-order valence-electron chi connectivity index (χ0n) is 12.5. The zero-order valence-corrected chi connectivity index (χ0v) is 12.5. The lowest BCUT2D eigenvalue weighted by Crippen LogP contribution is -2.33. The van der Waals surface area contributed by atoms with Crippen LogP contribution in [0.2, 0.25) is 0 Å². The van der Waals surface area contributed by atoms with Gasteiger partial charge in [0.25, 0.3) is 5.91 Å². The molecule has 1 unspecified atom stereocenters. The minimum atomic E-state index is -0.0818. The highest BCUT2D eigenvalue weighted by Crippen LogP contribution is 2.42. The Bertz CT molecular complexity index is 553. The molecule has 1 aromatic heterocycles. The SMILES string of the molecule is O=C(NCC1CC1)C1C[C@@H]2CN(C(=O)c3ccno3)C[C@@H]2C1. The maximum atomic E-state index is 12.3. The first-order chi connectivity index (χ1) is 10.7. The Morgan fingerprint density at radius 1 is 1.27 bits per heavy atom. The van der Waals surface area contributed by atoms with E-state index in [0.717, 1.165) is 38.4 Å². The second-order valence-electron chi connectivity index (χ2n) is 6.96. The van der Waals surface area contributed by atoms with Gasteiger partial charge in [-0.3, -0.25) is 9.59 Å². The largest absolute Gasteiger partial charge is 0.356 e. The highest BCUT2D eigenvalue weighted by atomic mass is 16.5. The molecule has 4 rings (SSSR count). The van der Waals surface area contributed by atoms with Gasteiger partial charge in [0.2, 0.25) is 11.7 Å². The van der Waals surface area contributed by atoms with E-state index in [1.54, 1.807) is 6.07 Å². The van der Waals surface area contributed by atoms with Crippen LogP contribution in [0, 0.1) is 23.7 Å². The third-order valence-electron chi connectivity index (χ3n) is 5.32. The molecule has 22 heavy (non-hydrogen) atoms. The van der Waals surface area contributed by atoms with Crippen LogP contribution in [0.4, 0.5) is 0 Å². The summed E-state index contributed by atoms with van der Waals surface area (Å²) in [7, 11) is 0. The molecule has 0 radical (unpaired) electrons. The maximum absolute atomic E-state index is 12.3. The van der Waals surface area contributed by atoms with E-state index < -0.39 is 0 Å². The monoisotopic (exact) mass is 303 g/mol. The lowest BCUT2D eigenvalue weighted by Gasteiger charge is -2.17. The summed E-state index contributed by atoms with van der Waals surface area (Å²) in [6, 6.07) is 1.60. The van der Waals surface area contributed by atoms with Crippen molar-refractivity contribution in [3.05, 3.63) is 18.0 Å². The van der Waals surface area contributed by atoms with E-state index in [-0.39, 0.29) is 17.7 Å². The molecule has 1 aliphatic heterocycles. The maximum Gasteiger partial charge on any atom is 0.292 e. The van der Waals surface area contributed by atoms with Crippen molar-refractivity contribution in [3.63, 3.8) is 0 Å². The molecule has 2 amide bonds. The van der Waals surface area contributed by atoms with Gasteiger partial charge in [-0.25, -0.2) is 0 Å². The lowest BCUT2D eigenvalue weighted by atomic mass is 10.0. The van der Waals surface area contributed by atoms with Crippen LogP contribution in [-0.2, 0) is 4.79 Å². The fourth-order valence-electron chi connectivity index (χ4n) is 3.87. The fourth-order valence-corrected chi connectivity index (χ4v) is 3.87. The Labute approximate surface area is 129 Å². The molecule has 0 bridgehead atoms. The summed E-state index contributed by atoms with van der Waals surface area (Å²) < 4.78 is 4.94. The van der Waals surface area contributed by atoms with Crippen molar-refractivity contribution < 1.29 is 14.1 Å². The Morgan fingerprint density at radius 3 is 2.59 bits per heavy atom. The standard InChI is InChI=1S/C16H21N3O3/c20-15(17-7-10-1-2-10)11-5-12-8-19(9-13(12)6-11)16(21)14-3-4-18-22-14/h3-4,10-13H,1-2,5-9H2,(H,17,20)/t11?,12-,13+. The Hall–Kier alpha value is -1.85. The van der Waals surface area contributed by atoms with Crippen molar-refractivity contribution in [2.24, 2.45) is 23.7 Å². The van der Waals surface area contributed by atoms with Gasteiger partial charge in [-0.15, -0.1) is 0 Å². The molecule has 3 aliphatic rings. The van der Waals surface area contributed by atoms with E-state index >= 15 is 0 Å². The molecule has 2 heterocycles. The molecule has 0 spiro atoms. The highest BCUT2D eigenvalue weighted by molar-refractivity contribution is 5.91. The Balaban J connectivity index is 1.30. The van der Waals surface area contributed by atoms with E-state index in [1.165, 1.54) is 19.0 Å². The van der Waals surface area contributed by atoms with Gasteiger partial charge in [-0.05, 0) is 43.4 Å². The van der Waals surface area contributed by atoms with Crippen LogP contribution < -0.4 is 5.32 Å². The van der Waals surface area contributed by atoms with Crippen molar-refractivity contribution >= 4 is 11.8 Å². The molecular formula is C16H21N3O3. The van der Waals surface area contributed by atoms with Crippen molar-refractivity contribution in [2.45, 2.75) is 25.7 Å². The number of carbonyl (C=O) groups excluding carboxylic acids is 2. The molecular weight excluding hydrogens is 282 g/mol. The normalized spacial score (nSPS) is 30.4. The van der Waals surface area contributed by atoms with Crippen molar-refractivity contribution in [3.8, 4) is 0 Å². The number of aromatic nitrogens is 1. The van der Waals surface area contributed by atoms with Crippen LogP contribution >= 0.6 is 0 Å². The number of likely N-dealkylation sites (tertiary alicyclic amines) is 1. The van der Waals surface area contributed by atoms with Gasteiger partial charge in [-0.2, -0.15) is 0 Å². The first-order valence-corrected chi connectivity index (χ1v) is 8.18. The third-order valence-corrected chi connectivity index (χ3v) is 5.32. The summed E-state index contributed by atoms with van der Waals surface area (Å²) in [6.07, 6.45) is 5.82.